The summed E-state index contributed by atoms with van der Waals surface area (Å²) in [5.41, 5.74) is 6.79. The molecule has 2 aromatic carbocycles. The number of benzene rings is 2. The molecule has 0 radical (unpaired) electrons. The standard InChI is InChI=1S/C28H24FN3O5/c1-37-25-9-5-8-24(33)27(25)23-17-22(31-32(23)21-14-11-19(29)12-15-21)28(36)30-20(16-26(34)35)13-10-18-6-3-2-4-7-18/h2-9,11,14,17,20,33H,10,13,16H2,1H3,(H,30,36)(H,34,35)/t20-/m0/s1. The highest BCUT2D eigenvalue weighted by Crippen LogP contribution is 2.39. The molecule has 1 atom stereocenters. The minimum Gasteiger partial charge on any atom is -0.507 e. The molecule has 1 heterocycles. The molecule has 8 nitrogen and oxygen atoms in total. The van der Waals surface area contributed by atoms with Gasteiger partial charge in [-0.05, 0) is 60.2 Å². The molecular weight excluding hydrogens is 477 g/mol. The van der Waals surface area contributed by atoms with E-state index in [1.54, 1.807) is 12.1 Å². The topological polar surface area (TPSA) is 114 Å². The number of ether oxygens (including phenoxy) is 1. The van der Waals surface area contributed by atoms with Gasteiger partial charge in [-0.2, -0.15) is 9.49 Å². The van der Waals surface area contributed by atoms with Crippen LogP contribution in [0.4, 0.5) is 4.39 Å². The number of rotatable bonds is 10. The van der Waals surface area contributed by atoms with Gasteiger partial charge in [0, 0.05) is 6.04 Å². The molecule has 1 aromatic heterocycles. The number of hydrogen-bond donors (Lipinski definition) is 3. The van der Waals surface area contributed by atoms with Crippen LogP contribution < -0.4 is 10.1 Å². The molecule has 188 valence electrons. The highest BCUT2D eigenvalue weighted by atomic mass is 19.1. The van der Waals surface area contributed by atoms with E-state index in [1.807, 2.05) is 30.3 Å². The first kappa shape index (κ1) is 25.3. The number of aliphatic carboxylic acids is 1. The summed E-state index contributed by atoms with van der Waals surface area (Å²) in [5, 5.41) is 27.1. The molecule has 1 aliphatic rings. The average Bonchev–Trinajstić information content (AvgIpc) is 3.33. The number of phenolic OH excluding ortho intramolecular Hbond substituents is 1. The van der Waals surface area contributed by atoms with Crippen LogP contribution in [0.15, 0.2) is 84.0 Å². The molecule has 1 amide bonds. The number of aromatic nitrogens is 2. The third-order valence-corrected chi connectivity index (χ3v) is 5.73. The van der Waals surface area contributed by atoms with Gasteiger partial charge in [-0.1, -0.05) is 36.4 Å². The summed E-state index contributed by atoms with van der Waals surface area (Å²) in [6.07, 6.45) is 3.30. The van der Waals surface area contributed by atoms with Crippen molar-refractivity contribution in [1.82, 2.24) is 15.1 Å². The van der Waals surface area contributed by atoms with Crippen LogP contribution in [0.1, 0.15) is 28.9 Å². The first-order valence-electron chi connectivity index (χ1n) is 11.5. The van der Waals surface area contributed by atoms with Gasteiger partial charge in [-0.25, -0.2) is 4.68 Å². The van der Waals surface area contributed by atoms with E-state index in [-0.39, 0.29) is 34.8 Å². The lowest BCUT2D eigenvalue weighted by Gasteiger charge is -2.16. The lowest BCUT2D eigenvalue weighted by molar-refractivity contribution is -0.137. The number of methoxy groups -OCH3 is 1. The summed E-state index contributed by atoms with van der Waals surface area (Å²) in [5.74, 6) is -2.05. The number of allylic oxidation sites excluding steroid dienone is 4. The van der Waals surface area contributed by atoms with Crippen LogP contribution in [0.3, 0.4) is 0 Å². The zero-order chi connectivity index (χ0) is 26.4. The number of aryl methyl sites for hydroxylation is 1. The Morgan fingerprint density at radius 1 is 1.14 bits per heavy atom. The van der Waals surface area contributed by atoms with E-state index in [2.05, 4.69) is 21.9 Å². The highest BCUT2D eigenvalue weighted by molar-refractivity contribution is 5.95. The number of phenols is 1. The fourth-order valence-corrected chi connectivity index (χ4v) is 3.96. The Hall–Kier alpha value is -4.84. The summed E-state index contributed by atoms with van der Waals surface area (Å²) in [4.78, 5) is 24.7. The van der Waals surface area contributed by atoms with Gasteiger partial charge in [0.15, 0.2) is 11.5 Å². The predicted molar refractivity (Wildman–Crippen MR) is 135 cm³/mol. The van der Waals surface area contributed by atoms with Crippen molar-refractivity contribution in [1.29, 1.82) is 0 Å². The summed E-state index contributed by atoms with van der Waals surface area (Å²) < 4.78 is 20.2. The van der Waals surface area contributed by atoms with E-state index in [1.165, 1.54) is 36.1 Å². The number of aromatic hydroxyl groups is 1. The first-order chi connectivity index (χ1) is 17.9. The molecule has 0 bridgehead atoms. The fourth-order valence-electron chi connectivity index (χ4n) is 3.96. The molecule has 0 fully saturated rings. The van der Waals surface area contributed by atoms with Gasteiger partial charge in [0.2, 0.25) is 0 Å². The van der Waals surface area contributed by atoms with Crippen molar-refractivity contribution in [2.75, 3.05) is 7.11 Å². The van der Waals surface area contributed by atoms with Crippen LogP contribution in [0.5, 0.6) is 11.5 Å². The Kier molecular flexibility index (Phi) is 7.69. The van der Waals surface area contributed by atoms with Crippen LogP contribution >= 0.6 is 0 Å². The Labute approximate surface area is 212 Å². The number of carbonyl (C=O) groups is 2. The smallest absolute Gasteiger partial charge is 0.305 e. The van der Waals surface area contributed by atoms with E-state index in [9.17, 15) is 24.2 Å². The maximum Gasteiger partial charge on any atom is 0.305 e. The molecule has 0 saturated heterocycles. The summed E-state index contributed by atoms with van der Waals surface area (Å²) in [6.45, 7) is 0. The van der Waals surface area contributed by atoms with Crippen molar-refractivity contribution in [3.8, 4) is 22.8 Å². The number of carboxylic acid groups (broad SMARTS) is 1. The quantitative estimate of drug-likeness (QED) is 0.353. The lowest BCUT2D eigenvalue weighted by Crippen LogP contribution is -2.37. The molecule has 37 heavy (non-hydrogen) atoms. The normalized spacial score (nSPS) is 13.0. The fraction of sp³-hybridized carbons (Fsp3) is 0.179. The minimum absolute atomic E-state index is 0.0341. The molecule has 1 aliphatic carbocycles. The van der Waals surface area contributed by atoms with Gasteiger partial charge >= 0.3 is 5.97 Å². The van der Waals surface area contributed by atoms with Crippen molar-refractivity contribution in [2.24, 2.45) is 0 Å². The predicted octanol–water partition coefficient (Wildman–Crippen LogP) is 4.49. The third kappa shape index (κ3) is 6.05. The Morgan fingerprint density at radius 2 is 1.92 bits per heavy atom. The lowest BCUT2D eigenvalue weighted by atomic mass is 10.0. The van der Waals surface area contributed by atoms with E-state index >= 15 is 0 Å². The van der Waals surface area contributed by atoms with Crippen molar-refractivity contribution >= 4 is 17.6 Å². The molecule has 3 aromatic rings. The van der Waals surface area contributed by atoms with Gasteiger partial charge in [-0.3, -0.25) is 9.59 Å². The number of nitrogens with zero attached hydrogens (tertiary/aromatic N) is 2. The molecule has 0 spiro atoms. The van der Waals surface area contributed by atoms with E-state index < -0.39 is 23.7 Å². The van der Waals surface area contributed by atoms with Gasteiger partial charge < -0.3 is 20.3 Å². The monoisotopic (exact) mass is 501 g/mol. The molecular formula is C28H24FN3O5. The molecule has 9 heteroatoms. The molecule has 4 rings (SSSR count). The number of nitrogens with one attached hydrogen (secondary N) is 1. The van der Waals surface area contributed by atoms with Crippen LogP contribution in [-0.4, -0.2) is 45.0 Å². The van der Waals surface area contributed by atoms with Crippen molar-refractivity contribution < 1.29 is 28.9 Å². The van der Waals surface area contributed by atoms with E-state index in [0.29, 0.717) is 18.6 Å². The maximum atomic E-state index is 13.5. The number of amides is 1. The Morgan fingerprint density at radius 3 is 2.59 bits per heavy atom. The number of carboxylic acids is 1. The van der Waals surface area contributed by atoms with Crippen LogP contribution in [-0.2, 0) is 11.2 Å². The van der Waals surface area contributed by atoms with Crippen LogP contribution in [0.2, 0.25) is 0 Å². The minimum atomic E-state index is -1.04. The van der Waals surface area contributed by atoms with Crippen LogP contribution in [0.25, 0.3) is 17.0 Å². The van der Waals surface area contributed by atoms with Gasteiger partial charge in [0.1, 0.15) is 17.2 Å². The van der Waals surface area contributed by atoms with Crippen molar-refractivity contribution in [3.05, 3.63) is 95.3 Å². The average molecular weight is 502 g/mol. The summed E-state index contributed by atoms with van der Waals surface area (Å²) in [7, 11) is 1.44. The molecule has 0 saturated carbocycles. The molecule has 3 N–H and O–H groups in total. The largest absolute Gasteiger partial charge is 0.507 e. The number of carbonyl (C=O) groups excluding carboxylic acids is 1. The van der Waals surface area contributed by atoms with E-state index in [4.69, 9.17) is 4.74 Å². The van der Waals surface area contributed by atoms with Crippen molar-refractivity contribution in [3.63, 3.8) is 0 Å². The zero-order valence-corrected chi connectivity index (χ0v) is 19.9. The van der Waals surface area contributed by atoms with Gasteiger partial charge in [-0.15, -0.1) is 0 Å². The number of halogens is 1. The molecule has 0 aliphatic heterocycles. The number of hydrogen-bond acceptors (Lipinski definition) is 5. The van der Waals surface area contributed by atoms with Crippen LogP contribution in [0, 0.1) is 0 Å². The summed E-state index contributed by atoms with van der Waals surface area (Å²) >= 11 is 0. The second-order valence-electron chi connectivity index (χ2n) is 8.29. The van der Waals surface area contributed by atoms with Gasteiger partial charge in [0.25, 0.3) is 5.91 Å². The van der Waals surface area contributed by atoms with E-state index in [0.717, 1.165) is 5.56 Å². The highest BCUT2D eigenvalue weighted by Gasteiger charge is 2.24. The second kappa shape index (κ2) is 11.3. The second-order valence-corrected chi connectivity index (χ2v) is 8.29. The Balaban J connectivity index is 1.69. The summed E-state index contributed by atoms with van der Waals surface area (Å²) in [6, 6.07) is 15.0. The third-order valence-electron chi connectivity index (χ3n) is 5.73. The zero-order valence-electron chi connectivity index (χ0n) is 19.9. The first-order valence-corrected chi connectivity index (χ1v) is 11.5. The van der Waals surface area contributed by atoms with Crippen molar-refractivity contribution in [2.45, 2.75) is 25.3 Å². The van der Waals surface area contributed by atoms with Gasteiger partial charge in [0.05, 0.1) is 24.8 Å². The maximum absolute atomic E-state index is 13.5. The SMILES string of the molecule is COc1cccc(O)c1-c1cc(C(=O)N[C@@H](CCc2ccccc2)CC(=O)O)nn1C1=C=C=C(F)C=C1. The Bertz CT molecular complexity index is 1460. The molecule has 0 unspecified atom stereocenters.